The van der Waals surface area contributed by atoms with E-state index in [0.717, 1.165) is 24.5 Å². The summed E-state index contributed by atoms with van der Waals surface area (Å²) in [5.41, 5.74) is 0.792. The van der Waals surface area contributed by atoms with E-state index in [2.05, 4.69) is 19.6 Å². The van der Waals surface area contributed by atoms with E-state index in [0.29, 0.717) is 57.3 Å². The lowest BCUT2D eigenvalue weighted by Crippen LogP contribution is -2.55. The van der Waals surface area contributed by atoms with E-state index < -0.39 is 11.7 Å². The van der Waals surface area contributed by atoms with Crippen LogP contribution in [0.15, 0.2) is 30.5 Å². The van der Waals surface area contributed by atoms with Crippen molar-refractivity contribution in [2.75, 3.05) is 55.1 Å². The number of nitrogens with zero attached hydrogens (tertiary/aromatic N) is 6. The highest BCUT2D eigenvalue weighted by molar-refractivity contribution is 7.99. The fraction of sp³-hybridized carbons (Fsp3) is 0.560. The van der Waals surface area contributed by atoms with E-state index in [4.69, 9.17) is 0 Å². The number of anilines is 2. The average molecular weight is 552 g/mol. The molecule has 2 bridgehead atoms. The lowest BCUT2D eigenvalue weighted by Gasteiger charge is -2.43. The Labute approximate surface area is 224 Å². The molecule has 38 heavy (non-hydrogen) atoms. The summed E-state index contributed by atoms with van der Waals surface area (Å²) in [6.45, 7) is 5.31. The average Bonchev–Trinajstić information content (AvgIpc) is 3.45. The summed E-state index contributed by atoms with van der Waals surface area (Å²) >= 11 is 1.39. The van der Waals surface area contributed by atoms with Gasteiger partial charge in [-0.2, -0.15) is 17.9 Å². The van der Waals surface area contributed by atoms with Gasteiger partial charge in [0.2, 0.25) is 5.91 Å². The van der Waals surface area contributed by atoms with E-state index in [1.54, 1.807) is 30.2 Å². The number of benzene rings is 1. The molecular formula is C25H32F3N7O2S. The minimum atomic E-state index is -4.43. The minimum Gasteiger partial charge on any atom is -0.362 e. The third-order valence-corrected chi connectivity index (χ3v) is 8.06. The van der Waals surface area contributed by atoms with Crippen molar-refractivity contribution >= 4 is 35.4 Å². The Morgan fingerprint density at radius 3 is 2.34 bits per heavy atom. The molecule has 0 spiro atoms. The number of nitrogens with one attached hydrogen (secondary N) is 1. The van der Waals surface area contributed by atoms with Crippen LogP contribution in [0.4, 0.5) is 29.5 Å². The Balaban J connectivity index is 1.30. The van der Waals surface area contributed by atoms with Crippen molar-refractivity contribution in [3.05, 3.63) is 41.6 Å². The predicted octanol–water partition coefficient (Wildman–Crippen LogP) is 3.58. The van der Waals surface area contributed by atoms with E-state index in [1.165, 1.54) is 22.7 Å². The first-order chi connectivity index (χ1) is 18.1. The second kappa shape index (κ2) is 10.7. The first-order valence-electron chi connectivity index (χ1n) is 12.7. The highest BCUT2D eigenvalue weighted by atomic mass is 32.2. The SMILES string of the molecule is CSNc1ccn(C(=O)N2CCN(Cc3ccc(C(F)(F)F)cc3N3C4CCC3CN(C(C)=O)C4)CC2)n1. The lowest BCUT2D eigenvalue weighted by molar-refractivity contribution is -0.137. The minimum absolute atomic E-state index is 0.00471. The number of carbonyl (C=O) groups excluding carboxylic acids is 2. The molecule has 4 heterocycles. The van der Waals surface area contributed by atoms with Crippen LogP contribution in [0.2, 0.25) is 0 Å². The number of likely N-dealkylation sites (tertiary alicyclic amines) is 1. The molecule has 206 valence electrons. The number of aromatic nitrogens is 2. The third-order valence-electron chi connectivity index (χ3n) is 7.65. The molecule has 3 aliphatic heterocycles. The number of piperazine rings is 2. The van der Waals surface area contributed by atoms with E-state index in [-0.39, 0.29) is 24.0 Å². The predicted molar refractivity (Wildman–Crippen MR) is 140 cm³/mol. The van der Waals surface area contributed by atoms with Gasteiger partial charge in [0.25, 0.3) is 0 Å². The summed E-state index contributed by atoms with van der Waals surface area (Å²) in [6.07, 6.45) is 0.775. The molecule has 3 aliphatic rings. The number of halogens is 3. The quantitative estimate of drug-likeness (QED) is 0.570. The number of alkyl halides is 3. The van der Waals surface area contributed by atoms with Gasteiger partial charge in [0.05, 0.1) is 5.56 Å². The van der Waals surface area contributed by atoms with Gasteiger partial charge >= 0.3 is 12.2 Å². The molecular weight excluding hydrogens is 519 g/mol. The Morgan fingerprint density at radius 2 is 1.74 bits per heavy atom. The molecule has 1 N–H and O–H groups in total. The van der Waals surface area contributed by atoms with Gasteiger partial charge in [-0.3, -0.25) is 9.69 Å². The topological polar surface area (TPSA) is 77.0 Å². The van der Waals surface area contributed by atoms with Gasteiger partial charge in [0, 0.05) is 89.0 Å². The fourth-order valence-corrected chi connectivity index (χ4v) is 6.06. The Hall–Kier alpha value is -2.93. The van der Waals surface area contributed by atoms with Crippen molar-refractivity contribution in [1.82, 2.24) is 24.5 Å². The second-order valence-electron chi connectivity index (χ2n) is 10.1. The van der Waals surface area contributed by atoms with Gasteiger partial charge in [-0.15, -0.1) is 5.10 Å². The zero-order valence-electron chi connectivity index (χ0n) is 21.4. The molecule has 5 rings (SSSR count). The molecule has 0 saturated carbocycles. The van der Waals surface area contributed by atoms with Crippen molar-refractivity contribution in [1.29, 1.82) is 0 Å². The molecule has 2 aromatic rings. The zero-order chi connectivity index (χ0) is 27.0. The van der Waals surface area contributed by atoms with Crippen LogP contribution in [0.25, 0.3) is 0 Å². The number of carbonyl (C=O) groups is 2. The molecule has 3 saturated heterocycles. The summed E-state index contributed by atoms with van der Waals surface area (Å²) in [5.74, 6) is 0.613. The van der Waals surface area contributed by atoms with Gasteiger partial charge in [-0.25, -0.2) is 4.79 Å². The zero-order valence-corrected chi connectivity index (χ0v) is 22.3. The largest absolute Gasteiger partial charge is 0.416 e. The Morgan fingerprint density at radius 1 is 1.05 bits per heavy atom. The van der Waals surface area contributed by atoms with Gasteiger partial charge in [0.15, 0.2) is 5.82 Å². The summed E-state index contributed by atoms with van der Waals surface area (Å²) in [4.78, 5) is 32.7. The first kappa shape index (κ1) is 26.7. The molecule has 1 aromatic heterocycles. The van der Waals surface area contributed by atoms with Gasteiger partial charge in [-0.05, 0) is 30.5 Å². The second-order valence-corrected chi connectivity index (χ2v) is 10.7. The Bertz CT molecular complexity index is 1170. The van der Waals surface area contributed by atoms with Crippen LogP contribution >= 0.6 is 11.9 Å². The highest BCUT2D eigenvalue weighted by Crippen LogP contribution is 2.40. The van der Waals surface area contributed by atoms with Crippen molar-refractivity contribution in [2.24, 2.45) is 0 Å². The van der Waals surface area contributed by atoms with Crippen LogP contribution in [0.1, 0.15) is 30.9 Å². The molecule has 13 heteroatoms. The summed E-state index contributed by atoms with van der Waals surface area (Å²) in [6, 6.07) is 5.58. The van der Waals surface area contributed by atoms with Crippen LogP contribution in [0, 0.1) is 0 Å². The molecule has 0 aliphatic carbocycles. The van der Waals surface area contributed by atoms with Crippen molar-refractivity contribution in [3.63, 3.8) is 0 Å². The number of hydrogen-bond acceptors (Lipinski definition) is 7. The van der Waals surface area contributed by atoms with E-state index >= 15 is 0 Å². The number of amides is 2. The normalized spacial score (nSPS) is 22.2. The first-order valence-corrected chi connectivity index (χ1v) is 14.0. The molecule has 2 amide bonds. The van der Waals surface area contributed by atoms with E-state index in [9.17, 15) is 22.8 Å². The smallest absolute Gasteiger partial charge is 0.362 e. The maximum Gasteiger partial charge on any atom is 0.416 e. The Kier molecular flexibility index (Phi) is 7.49. The van der Waals surface area contributed by atoms with Crippen molar-refractivity contribution < 1.29 is 22.8 Å². The van der Waals surface area contributed by atoms with E-state index in [1.807, 2.05) is 11.2 Å². The van der Waals surface area contributed by atoms with Gasteiger partial charge in [-0.1, -0.05) is 18.0 Å². The fourth-order valence-electron chi connectivity index (χ4n) is 5.74. The molecule has 0 radical (unpaired) electrons. The van der Waals surface area contributed by atoms with Crippen LogP contribution in [-0.2, 0) is 17.5 Å². The van der Waals surface area contributed by atoms with Crippen molar-refractivity contribution in [3.8, 4) is 0 Å². The molecule has 2 atom stereocenters. The standard InChI is InChI=1S/C25H32F3N7O2S/c1-17(36)33-15-20-5-6-21(16-33)35(20)22-13-19(25(26,27)28)4-3-18(22)14-31-9-11-32(12-10-31)24(37)34-8-7-23(29-34)30-38-2/h3-4,7-8,13,20-21H,5-6,9-12,14-16H2,1-2H3,(H,29,30). The van der Waals surface area contributed by atoms with Crippen LogP contribution in [0.5, 0.6) is 0 Å². The lowest BCUT2D eigenvalue weighted by atomic mass is 10.0. The highest BCUT2D eigenvalue weighted by Gasteiger charge is 2.42. The van der Waals surface area contributed by atoms with Crippen molar-refractivity contribution in [2.45, 2.75) is 44.6 Å². The maximum absolute atomic E-state index is 13.7. The van der Waals surface area contributed by atoms with Gasteiger partial charge < -0.3 is 19.4 Å². The summed E-state index contributed by atoms with van der Waals surface area (Å²) in [7, 11) is 0. The third kappa shape index (κ3) is 5.44. The van der Waals surface area contributed by atoms with Crippen LogP contribution in [0.3, 0.4) is 0 Å². The molecule has 1 aromatic carbocycles. The summed E-state index contributed by atoms with van der Waals surface area (Å²) < 4.78 is 45.3. The number of hydrogen-bond donors (Lipinski definition) is 1. The number of fused-ring (bicyclic) bond motifs is 2. The summed E-state index contributed by atoms with van der Waals surface area (Å²) in [5, 5.41) is 4.25. The molecule has 3 fully saturated rings. The monoisotopic (exact) mass is 551 g/mol. The maximum atomic E-state index is 13.7. The molecule has 2 unspecified atom stereocenters. The van der Waals surface area contributed by atoms with Crippen LogP contribution < -0.4 is 9.62 Å². The van der Waals surface area contributed by atoms with Crippen LogP contribution in [-0.4, -0.2) is 94.0 Å². The molecule has 9 nitrogen and oxygen atoms in total. The van der Waals surface area contributed by atoms with Gasteiger partial charge in [0.1, 0.15) is 0 Å². The number of rotatable bonds is 5.